The fraction of sp³-hybridized carbons (Fsp3) is 0.0909. The van der Waals surface area contributed by atoms with E-state index in [-0.39, 0.29) is 17.4 Å². The van der Waals surface area contributed by atoms with Crippen LogP contribution in [0.1, 0.15) is 18.6 Å². The maximum Gasteiger partial charge on any atom is 0.273 e. The number of anilines is 1. The van der Waals surface area contributed by atoms with Gasteiger partial charge < -0.3 is 5.32 Å². The third-order valence-electron chi connectivity index (χ3n) is 5.00. The third kappa shape index (κ3) is 3.14. The molecule has 32 heavy (non-hydrogen) atoms. The summed E-state index contributed by atoms with van der Waals surface area (Å²) in [5.41, 5.74) is 2.84. The van der Waals surface area contributed by atoms with E-state index in [1.165, 1.54) is 29.1 Å². The number of aromatic nitrogens is 6. The molecule has 0 unspecified atom stereocenters. The van der Waals surface area contributed by atoms with Gasteiger partial charge >= 0.3 is 0 Å². The summed E-state index contributed by atoms with van der Waals surface area (Å²) in [6.07, 6.45) is 3.22. The van der Waals surface area contributed by atoms with Gasteiger partial charge in [0.2, 0.25) is 11.8 Å². The summed E-state index contributed by atoms with van der Waals surface area (Å²) in [7, 11) is 0. The number of nitrogens with zero attached hydrogens (tertiary/aromatic N) is 5. The van der Waals surface area contributed by atoms with Crippen molar-refractivity contribution in [1.29, 1.82) is 0 Å². The predicted molar refractivity (Wildman–Crippen MR) is 118 cm³/mol. The van der Waals surface area contributed by atoms with E-state index >= 15 is 0 Å². The molecule has 4 heterocycles. The number of fused-ring (bicyclic) bond motifs is 2. The molecule has 5 aromatic rings. The molecular formula is C22H17N7O3. The molecule has 0 saturated heterocycles. The fourth-order valence-electron chi connectivity index (χ4n) is 3.65. The van der Waals surface area contributed by atoms with Crippen molar-refractivity contribution in [2.75, 3.05) is 5.32 Å². The van der Waals surface area contributed by atoms with Crippen LogP contribution in [-0.2, 0) is 4.79 Å². The molecule has 0 atom stereocenters. The predicted octanol–water partition coefficient (Wildman–Crippen LogP) is 2.72. The molecule has 10 nitrogen and oxygen atoms in total. The zero-order chi connectivity index (χ0) is 22.4. The molecule has 1 amide bonds. The fourth-order valence-corrected chi connectivity index (χ4v) is 3.65. The lowest BCUT2D eigenvalue weighted by molar-refractivity contribution is -0.114. The molecule has 2 N–H and O–H groups in total. The van der Waals surface area contributed by atoms with Crippen molar-refractivity contribution in [1.82, 2.24) is 29.4 Å². The van der Waals surface area contributed by atoms with Crippen molar-refractivity contribution < 1.29 is 9.59 Å². The van der Waals surface area contributed by atoms with Gasteiger partial charge in [-0.05, 0) is 24.3 Å². The molecule has 0 fully saturated rings. The summed E-state index contributed by atoms with van der Waals surface area (Å²) in [6.45, 7) is 2.82. The summed E-state index contributed by atoms with van der Waals surface area (Å²) >= 11 is 0. The minimum absolute atomic E-state index is 0.191. The molecule has 0 saturated carbocycles. The van der Waals surface area contributed by atoms with Gasteiger partial charge in [-0.15, -0.1) is 0 Å². The normalized spacial score (nSPS) is 11.2. The standard InChI is InChI=1S/C22H17N7O3/c1-12(30)25-21-20(16-5-3-4-8-23-16)22-26-17(10-19(32)29(22)27-21)14-6-7-18-15(9-14)11-24-28(18)13(2)31/h3-11,27H,1-2H3,(H,25,30). The molecule has 0 spiro atoms. The van der Waals surface area contributed by atoms with Crippen LogP contribution in [0.2, 0.25) is 0 Å². The molecule has 0 aliphatic carbocycles. The van der Waals surface area contributed by atoms with Gasteiger partial charge in [-0.3, -0.25) is 24.5 Å². The van der Waals surface area contributed by atoms with Crippen molar-refractivity contribution in [2.24, 2.45) is 0 Å². The second-order valence-electron chi connectivity index (χ2n) is 7.25. The van der Waals surface area contributed by atoms with Crippen molar-refractivity contribution in [3.63, 3.8) is 0 Å². The lowest BCUT2D eigenvalue weighted by atomic mass is 10.1. The zero-order valence-electron chi connectivity index (χ0n) is 17.2. The van der Waals surface area contributed by atoms with Crippen LogP contribution in [-0.4, -0.2) is 41.2 Å². The van der Waals surface area contributed by atoms with E-state index in [1.54, 1.807) is 36.7 Å². The number of amides is 1. The topological polar surface area (TPSA) is 127 Å². The average molecular weight is 427 g/mol. The number of H-pyrrole nitrogens is 1. The lowest BCUT2D eigenvalue weighted by Crippen LogP contribution is -2.15. The van der Waals surface area contributed by atoms with Gasteiger partial charge in [0.15, 0.2) is 5.65 Å². The number of carbonyl (C=O) groups is 2. The Bertz CT molecular complexity index is 1580. The van der Waals surface area contributed by atoms with Gasteiger partial charge in [-0.25, -0.2) is 9.67 Å². The van der Waals surface area contributed by atoms with E-state index in [4.69, 9.17) is 4.98 Å². The number of aromatic amines is 1. The Hall–Kier alpha value is -4.60. The molecular weight excluding hydrogens is 410 g/mol. The quantitative estimate of drug-likeness (QED) is 0.456. The first-order valence-corrected chi connectivity index (χ1v) is 9.76. The molecule has 0 aliphatic heterocycles. The van der Waals surface area contributed by atoms with Crippen LogP contribution in [0.15, 0.2) is 59.7 Å². The van der Waals surface area contributed by atoms with Crippen LogP contribution in [0.4, 0.5) is 5.82 Å². The first kappa shape index (κ1) is 19.4. The molecule has 0 aliphatic rings. The number of carbonyl (C=O) groups excluding carboxylic acids is 2. The summed E-state index contributed by atoms with van der Waals surface area (Å²) in [5.74, 6) is -0.158. The maximum atomic E-state index is 12.9. The Morgan fingerprint density at radius 2 is 1.91 bits per heavy atom. The van der Waals surface area contributed by atoms with Gasteiger partial charge in [-0.2, -0.15) is 9.61 Å². The highest BCUT2D eigenvalue weighted by molar-refractivity contribution is 5.96. The Morgan fingerprint density at radius 3 is 2.62 bits per heavy atom. The molecule has 5 rings (SSSR count). The Morgan fingerprint density at radius 1 is 1.06 bits per heavy atom. The van der Waals surface area contributed by atoms with Crippen molar-refractivity contribution in [2.45, 2.75) is 13.8 Å². The molecule has 10 heteroatoms. The van der Waals surface area contributed by atoms with E-state index in [2.05, 4.69) is 20.5 Å². The summed E-state index contributed by atoms with van der Waals surface area (Å²) in [5, 5.41) is 10.5. The van der Waals surface area contributed by atoms with Crippen molar-refractivity contribution in [3.05, 3.63) is 65.2 Å². The first-order chi connectivity index (χ1) is 15.4. The lowest BCUT2D eigenvalue weighted by Gasteiger charge is -2.05. The van der Waals surface area contributed by atoms with Crippen LogP contribution < -0.4 is 10.9 Å². The van der Waals surface area contributed by atoms with Crippen LogP contribution in [0.25, 0.3) is 39.1 Å². The molecule has 0 radical (unpaired) electrons. The van der Waals surface area contributed by atoms with Crippen LogP contribution >= 0.6 is 0 Å². The molecule has 1 aromatic carbocycles. The van der Waals surface area contributed by atoms with E-state index in [0.29, 0.717) is 39.5 Å². The van der Waals surface area contributed by atoms with Crippen molar-refractivity contribution >= 4 is 34.2 Å². The second kappa shape index (κ2) is 7.27. The van der Waals surface area contributed by atoms with Crippen LogP contribution in [0, 0.1) is 0 Å². The van der Waals surface area contributed by atoms with E-state index in [0.717, 1.165) is 5.39 Å². The first-order valence-electron chi connectivity index (χ1n) is 9.76. The van der Waals surface area contributed by atoms with E-state index < -0.39 is 0 Å². The minimum atomic E-state index is -0.349. The summed E-state index contributed by atoms with van der Waals surface area (Å²) in [6, 6.07) is 12.1. The van der Waals surface area contributed by atoms with Crippen LogP contribution in [0.3, 0.4) is 0 Å². The van der Waals surface area contributed by atoms with Gasteiger partial charge in [0, 0.05) is 37.1 Å². The third-order valence-corrected chi connectivity index (χ3v) is 5.00. The average Bonchev–Trinajstić information content (AvgIpc) is 3.35. The number of rotatable bonds is 3. The number of nitrogens with one attached hydrogen (secondary N) is 2. The van der Waals surface area contributed by atoms with Gasteiger partial charge in [0.25, 0.3) is 5.56 Å². The highest BCUT2D eigenvalue weighted by Crippen LogP contribution is 2.30. The zero-order valence-corrected chi connectivity index (χ0v) is 17.2. The summed E-state index contributed by atoms with van der Waals surface area (Å²) < 4.78 is 2.58. The number of pyridine rings is 1. The van der Waals surface area contributed by atoms with Crippen molar-refractivity contribution in [3.8, 4) is 22.5 Å². The number of hydrogen-bond donors (Lipinski definition) is 2. The largest absolute Gasteiger partial charge is 0.311 e. The van der Waals surface area contributed by atoms with E-state index in [9.17, 15) is 14.4 Å². The maximum absolute atomic E-state index is 12.9. The number of benzene rings is 1. The Balaban J connectivity index is 1.74. The molecule has 0 bridgehead atoms. The minimum Gasteiger partial charge on any atom is -0.311 e. The highest BCUT2D eigenvalue weighted by Gasteiger charge is 2.19. The monoisotopic (exact) mass is 427 g/mol. The Labute approximate surface area is 180 Å². The number of hydrogen-bond acceptors (Lipinski definition) is 6. The Kier molecular flexibility index (Phi) is 4.40. The molecule has 4 aromatic heterocycles. The van der Waals surface area contributed by atoms with Gasteiger partial charge in [-0.1, -0.05) is 12.1 Å². The van der Waals surface area contributed by atoms with Crippen LogP contribution in [0.5, 0.6) is 0 Å². The highest BCUT2D eigenvalue weighted by atomic mass is 16.2. The summed E-state index contributed by atoms with van der Waals surface area (Å²) in [4.78, 5) is 45.4. The van der Waals surface area contributed by atoms with Gasteiger partial charge in [0.1, 0.15) is 5.82 Å². The van der Waals surface area contributed by atoms with E-state index in [1.807, 2.05) is 12.1 Å². The SMILES string of the molecule is CC(=O)Nc1[nH]n2c(=O)cc(-c3ccc4c(cnn4C(C)=O)c3)nc2c1-c1ccccn1. The van der Waals surface area contributed by atoms with Gasteiger partial charge in [0.05, 0.1) is 28.7 Å². The second-order valence-corrected chi connectivity index (χ2v) is 7.25. The smallest absolute Gasteiger partial charge is 0.273 e. The molecule has 158 valence electrons.